The molecule has 1 aliphatic rings. The average molecular weight is 219 g/mol. The van der Waals surface area contributed by atoms with Gasteiger partial charge in [-0.25, -0.2) is 4.79 Å². The predicted molar refractivity (Wildman–Crippen MR) is 55.3 cm³/mol. The topological polar surface area (TPSA) is 91.2 Å². The zero-order chi connectivity index (χ0) is 11.3. The first-order valence-electron chi connectivity index (χ1n) is 4.81. The summed E-state index contributed by atoms with van der Waals surface area (Å²) >= 11 is 0. The van der Waals surface area contributed by atoms with E-state index in [9.17, 15) is 4.79 Å². The number of aromatic carboxylic acids is 1. The molecule has 0 bridgehead atoms. The van der Waals surface area contributed by atoms with Crippen LogP contribution in [0.2, 0.25) is 0 Å². The quantitative estimate of drug-likeness (QED) is 0.677. The molecule has 0 amide bonds. The summed E-state index contributed by atoms with van der Waals surface area (Å²) in [7, 11) is 0. The molecule has 6 nitrogen and oxygen atoms in total. The molecule has 3 rings (SSSR count). The summed E-state index contributed by atoms with van der Waals surface area (Å²) in [5, 5.41) is 18.5. The van der Waals surface area contributed by atoms with Crippen LogP contribution in [0.3, 0.4) is 0 Å². The Morgan fingerprint density at radius 1 is 1.62 bits per heavy atom. The van der Waals surface area contributed by atoms with E-state index in [0.717, 1.165) is 16.9 Å². The van der Waals surface area contributed by atoms with Crippen molar-refractivity contribution < 1.29 is 14.3 Å². The molecule has 16 heavy (non-hydrogen) atoms. The Balaban J connectivity index is 2.26. The van der Waals surface area contributed by atoms with Crippen molar-refractivity contribution in [2.75, 3.05) is 5.32 Å². The molecule has 3 heterocycles. The molecule has 0 fully saturated rings. The average Bonchev–Trinajstić information content (AvgIpc) is 2.81. The van der Waals surface area contributed by atoms with Crippen LogP contribution in [-0.4, -0.2) is 21.3 Å². The Morgan fingerprint density at radius 2 is 2.44 bits per heavy atom. The van der Waals surface area contributed by atoms with Crippen LogP contribution in [-0.2, 0) is 6.54 Å². The summed E-state index contributed by atoms with van der Waals surface area (Å²) in [6.45, 7) is 2.39. The lowest BCUT2D eigenvalue weighted by atomic mass is 10.0. The van der Waals surface area contributed by atoms with Crippen LogP contribution in [0.5, 0.6) is 0 Å². The highest BCUT2D eigenvalue weighted by Gasteiger charge is 2.28. The van der Waals surface area contributed by atoms with Gasteiger partial charge in [0.15, 0.2) is 5.69 Å². The number of anilines is 1. The molecule has 0 radical (unpaired) electrons. The van der Waals surface area contributed by atoms with Gasteiger partial charge in [-0.15, -0.1) is 0 Å². The van der Waals surface area contributed by atoms with Crippen LogP contribution in [0.25, 0.3) is 11.3 Å². The molecule has 0 aliphatic carbocycles. The third-order valence-corrected chi connectivity index (χ3v) is 2.69. The Morgan fingerprint density at radius 3 is 3.19 bits per heavy atom. The molecule has 0 saturated heterocycles. The maximum absolute atomic E-state index is 10.9. The highest BCUT2D eigenvalue weighted by atomic mass is 16.4. The van der Waals surface area contributed by atoms with E-state index in [4.69, 9.17) is 9.52 Å². The lowest BCUT2D eigenvalue weighted by molar-refractivity contribution is 0.0691. The number of rotatable bonds is 1. The van der Waals surface area contributed by atoms with Gasteiger partial charge in [0, 0.05) is 0 Å². The van der Waals surface area contributed by atoms with Gasteiger partial charge in [-0.1, -0.05) is 0 Å². The molecule has 6 heteroatoms. The van der Waals surface area contributed by atoms with E-state index in [1.165, 1.54) is 0 Å². The Kier molecular flexibility index (Phi) is 1.62. The second-order valence-corrected chi connectivity index (χ2v) is 3.70. The third kappa shape index (κ3) is 1.01. The first-order chi connectivity index (χ1) is 7.68. The van der Waals surface area contributed by atoms with Gasteiger partial charge in [0.1, 0.15) is 11.5 Å². The SMILES string of the molecule is Cc1coc2c1-c1n[nH]c(C(=O)O)c1NC2. The van der Waals surface area contributed by atoms with Gasteiger partial charge < -0.3 is 14.8 Å². The second kappa shape index (κ2) is 2.88. The first-order valence-corrected chi connectivity index (χ1v) is 4.81. The number of H-pyrrole nitrogens is 1. The van der Waals surface area contributed by atoms with Gasteiger partial charge in [0.25, 0.3) is 0 Å². The maximum atomic E-state index is 10.9. The van der Waals surface area contributed by atoms with Crippen LogP contribution in [0.15, 0.2) is 10.7 Å². The minimum Gasteiger partial charge on any atom is -0.476 e. The van der Waals surface area contributed by atoms with Crippen molar-refractivity contribution in [1.29, 1.82) is 0 Å². The van der Waals surface area contributed by atoms with E-state index in [1.54, 1.807) is 6.26 Å². The smallest absolute Gasteiger partial charge is 0.356 e. The van der Waals surface area contributed by atoms with Crippen molar-refractivity contribution in [2.24, 2.45) is 0 Å². The number of nitrogens with zero attached hydrogens (tertiary/aromatic N) is 1. The third-order valence-electron chi connectivity index (χ3n) is 2.69. The fourth-order valence-electron chi connectivity index (χ4n) is 1.96. The van der Waals surface area contributed by atoms with Gasteiger partial charge in [-0.2, -0.15) is 5.10 Å². The van der Waals surface area contributed by atoms with E-state index >= 15 is 0 Å². The fourth-order valence-corrected chi connectivity index (χ4v) is 1.96. The first kappa shape index (κ1) is 9.02. The molecular formula is C10H9N3O3. The van der Waals surface area contributed by atoms with Gasteiger partial charge in [-0.05, 0) is 12.5 Å². The molecule has 82 valence electrons. The number of fused-ring (bicyclic) bond motifs is 3. The highest BCUT2D eigenvalue weighted by molar-refractivity contribution is 5.97. The van der Waals surface area contributed by atoms with E-state index in [2.05, 4.69) is 15.5 Å². The van der Waals surface area contributed by atoms with Crippen LogP contribution >= 0.6 is 0 Å². The minimum atomic E-state index is -1.02. The van der Waals surface area contributed by atoms with Gasteiger partial charge in [0.05, 0.1) is 24.1 Å². The number of aromatic amines is 1. The molecule has 2 aromatic heterocycles. The van der Waals surface area contributed by atoms with Gasteiger partial charge in [-0.3, -0.25) is 5.10 Å². The summed E-state index contributed by atoms with van der Waals surface area (Å²) in [5.41, 5.74) is 3.08. The number of carbonyl (C=O) groups is 1. The van der Waals surface area contributed by atoms with Crippen molar-refractivity contribution in [3.05, 3.63) is 23.3 Å². The maximum Gasteiger partial charge on any atom is 0.356 e. The summed E-state index contributed by atoms with van der Waals surface area (Å²) in [4.78, 5) is 10.9. The van der Waals surface area contributed by atoms with Crippen molar-refractivity contribution >= 4 is 11.7 Å². The molecule has 0 unspecified atom stereocenters. The highest BCUT2D eigenvalue weighted by Crippen LogP contribution is 2.38. The lowest BCUT2D eigenvalue weighted by Crippen LogP contribution is -2.09. The summed E-state index contributed by atoms with van der Waals surface area (Å²) in [6, 6.07) is 0. The molecule has 0 spiro atoms. The standard InChI is InChI=1S/C10H9N3O3/c1-4-3-16-5-2-11-8-7(6(4)5)12-13-9(8)10(14)15/h3,11H,2H2,1H3,(H,12,13)(H,14,15). The van der Waals surface area contributed by atoms with Crippen molar-refractivity contribution in [3.63, 3.8) is 0 Å². The van der Waals surface area contributed by atoms with Crippen molar-refractivity contribution in [2.45, 2.75) is 13.5 Å². The van der Waals surface area contributed by atoms with Crippen molar-refractivity contribution in [3.8, 4) is 11.3 Å². The number of aromatic nitrogens is 2. The van der Waals surface area contributed by atoms with E-state index in [1.807, 2.05) is 6.92 Å². The number of aryl methyl sites for hydroxylation is 1. The predicted octanol–water partition coefficient (Wildman–Crippen LogP) is 1.60. The number of furan rings is 1. The van der Waals surface area contributed by atoms with Crippen LogP contribution < -0.4 is 5.32 Å². The zero-order valence-electron chi connectivity index (χ0n) is 8.50. The Labute approximate surface area is 90.3 Å². The Hall–Kier alpha value is -2.24. The fraction of sp³-hybridized carbons (Fsp3) is 0.200. The molecule has 0 aromatic carbocycles. The number of hydrogen-bond donors (Lipinski definition) is 3. The van der Waals surface area contributed by atoms with Crippen molar-refractivity contribution in [1.82, 2.24) is 10.2 Å². The lowest BCUT2D eigenvalue weighted by Gasteiger charge is -2.13. The summed E-state index contributed by atoms with van der Waals surface area (Å²) in [6.07, 6.45) is 1.65. The molecule has 0 atom stereocenters. The monoisotopic (exact) mass is 219 g/mol. The molecule has 3 N–H and O–H groups in total. The second-order valence-electron chi connectivity index (χ2n) is 3.70. The molecular weight excluding hydrogens is 210 g/mol. The number of hydrogen-bond acceptors (Lipinski definition) is 4. The van der Waals surface area contributed by atoms with Gasteiger partial charge >= 0.3 is 5.97 Å². The van der Waals surface area contributed by atoms with E-state index < -0.39 is 5.97 Å². The van der Waals surface area contributed by atoms with Crippen LogP contribution in [0.1, 0.15) is 21.8 Å². The summed E-state index contributed by atoms with van der Waals surface area (Å²) in [5.74, 6) is -0.237. The molecule has 1 aliphatic heterocycles. The zero-order valence-corrected chi connectivity index (χ0v) is 8.50. The number of carboxylic acid groups (broad SMARTS) is 1. The Bertz CT molecular complexity index is 582. The minimum absolute atomic E-state index is 0.0845. The largest absolute Gasteiger partial charge is 0.476 e. The summed E-state index contributed by atoms with van der Waals surface area (Å²) < 4.78 is 5.35. The normalized spacial score (nSPS) is 12.8. The van der Waals surface area contributed by atoms with Crippen LogP contribution in [0.4, 0.5) is 5.69 Å². The number of carboxylic acids is 1. The molecule has 0 saturated carbocycles. The van der Waals surface area contributed by atoms with Crippen LogP contribution in [0, 0.1) is 6.92 Å². The van der Waals surface area contributed by atoms with E-state index in [0.29, 0.717) is 17.9 Å². The van der Waals surface area contributed by atoms with Gasteiger partial charge in [0.2, 0.25) is 0 Å². The van der Waals surface area contributed by atoms with E-state index in [-0.39, 0.29) is 5.69 Å². The number of nitrogens with one attached hydrogen (secondary N) is 2. The molecule has 2 aromatic rings.